The zero-order chi connectivity index (χ0) is 13.8. The number of benzene rings is 1. The molecule has 0 aliphatic carbocycles. The van der Waals surface area contributed by atoms with Crippen LogP contribution in [-0.2, 0) is 4.79 Å². The lowest BCUT2D eigenvalue weighted by atomic mass is 10.2. The van der Waals surface area contributed by atoms with E-state index >= 15 is 0 Å². The Kier molecular flexibility index (Phi) is 3.44. The highest BCUT2D eigenvalue weighted by Gasteiger charge is 2.07. The molecule has 0 unspecified atom stereocenters. The van der Waals surface area contributed by atoms with Crippen molar-refractivity contribution in [2.75, 3.05) is 0 Å². The zero-order valence-electron chi connectivity index (χ0n) is 9.76. The van der Waals surface area contributed by atoms with Crippen molar-refractivity contribution in [2.45, 2.75) is 0 Å². The topological polar surface area (TPSA) is 80.0 Å². The van der Waals surface area contributed by atoms with Crippen molar-refractivity contribution < 1.29 is 13.6 Å². The lowest BCUT2D eigenvalue weighted by molar-refractivity contribution is -0.114. The fraction of sp³-hybridized carbons (Fsp3) is 0. The summed E-state index contributed by atoms with van der Waals surface area (Å²) in [6.07, 6.45) is 1.26. The number of furan rings is 1. The van der Waals surface area contributed by atoms with Gasteiger partial charge in [0.15, 0.2) is 0 Å². The maximum absolute atomic E-state index is 12.8. The van der Waals surface area contributed by atoms with Gasteiger partial charge in [0.05, 0.1) is 0 Å². The van der Waals surface area contributed by atoms with Crippen LogP contribution in [0.5, 0.6) is 0 Å². The highest BCUT2D eigenvalue weighted by atomic mass is 19.1. The first-order chi connectivity index (χ1) is 9.10. The molecule has 0 radical (unpaired) electrons. The molecule has 19 heavy (non-hydrogen) atoms. The molecular weight excluding hydrogens is 247 g/mol. The molecule has 0 saturated carbocycles. The quantitative estimate of drug-likeness (QED) is 0.676. The van der Waals surface area contributed by atoms with E-state index in [1.807, 2.05) is 0 Å². The molecule has 0 spiro atoms. The van der Waals surface area contributed by atoms with Crippen LogP contribution in [0, 0.1) is 17.1 Å². The van der Waals surface area contributed by atoms with Crippen molar-refractivity contribution in [1.29, 1.82) is 5.26 Å². The van der Waals surface area contributed by atoms with E-state index in [2.05, 4.69) is 0 Å². The smallest absolute Gasteiger partial charge is 0.259 e. The number of rotatable bonds is 3. The molecule has 0 saturated heterocycles. The van der Waals surface area contributed by atoms with Gasteiger partial charge in [-0.25, -0.2) is 4.39 Å². The van der Waals surface area contributed by atoms with Gasteiger partial charge in [0.25, 0.3) is 5.91 Å². The SMILES string of the molecule is N#CC(=Cc1ccc(-c2ccc(F)cc2)o1)C(N)=O. The van der Waals surface area contributed by atoms with Crippen LogP contribution in [0.25, 0.3) is 17.4 Å². The van der Waals surface area contributed by atoms with Crippen molar-refractivity contribution in [3.8, 4) is 17.4 Å². The van der Waals surface area contributed by atoms with Gasteiger partial charge in [-0.15, -0.1) is 0 Å². The van der Waals surface area contributed by atoms with Crippen LogP contribution >= 0.6 is 0 Å². The van der Waals surface area contributed by atoms with Crippen LogP contribution in [-0.4, -0.2) is 5.91 Å². The molecule has 1 aromatic carbocycles. The molecule has 0 atom stereocenters. The maximum Gasteiger partial charge on any atom is 0.259 e. The molecule has 0 fully saturated rings. The lowest BCUT2D eigenvalue weighted by Crippen LogP contribution is -2.12. The van der Waals surface area contributed by atoms with Gasteiger partial charge in [-0.05, 0) is 36.4 Å². The number of hydrogen-bond donors (Lipinski definition) is 1. The van der Waals surface area contributed by atoms with E-state index < -0.39 is 5.91 Å². The van der Waals surface area contributed by atoms with Gasteiger partial charge >= 0.3 is 0 Å². The lowest BCUT2D eigenvalue weighted by Gasteiger charge is -1.96. The third-order valence-electron chi connectivity index (χ3n) is 2.43. The minimum atomic E-state index is -0.817. The molecule has 0 aliphatic heterocycles. The number of nitriles is 1. The average molecular weight is 256 g/mol. The van der Waals surface area contributed by atoms with Gasteiger partial charge in [0.1, 0.15) is 29.0 Å². The summed E-state index contributed by atoms with van der Waals surface area (Å²) in [5, 5.41) is 8.71. The monoisotopic (exact) mass is 256 g/mol. The third-order valence-corrected chi connectivity index (χ3v) is 2.43. The number of carbonyl (C=O) groups is 1. The Morgan fingerprint density at radius 1 is 1.26 bits per heavy atom. The second-order valence-electron chi connectivity index (χ2n) is 3.74. The summed E-state index contributed by atoms with van der Waals surface area (Å²) in [5.41, 5.74) is 5.52. The van der Waals surface area contributed by atoms with Gasteiger partial charge in [0.2, 0.25) is 0 Å². The number of hydrogen-bond acceptors (Lipinski definition) is 3. The highest BCUT2D eigenvalue weighted by molar-refractivity contribution is 6.00. The molecule has 2 N–H and O–H groups in total. The minimum Gasteiger partial charge on any atom is -0.457 e. The van der Waals surface area contributed by atoms with Crippen LogP contribution in [0.3, 0.4) is 0 Å². The molecular formula is C14H9FN2O2. The molecule has 1 aromatic heterocycles. The van der Waals surface area contributed by atoms with Crippen LogP contribution < -0.4 is 5.73 Å². The number of nitrogens with zero attached hydrogens (tertiary/aromatic N) is 1. The molecule has 1 heterocycles. The summed E-state index contributed by atoms with van der Waals surface area (Å²) in [4.78, 5) is 10.9. The first-order valence-electron chi connectivity index (χ1n) is 5.37. The predicted octanol–water partition coefficient (Wildman–Crippen LogP) is 2.48. The van der Waals surface area contributed by atoms with Gasteiger partial charge in [-0.2, -0.15) is 5.26 Å². The third kappa shape index (κ3) is 2.87. The minimum absolute atomic E-state index is 0.194. The molecule has 94 valence electrons. The van der Waals surface area contributed by atoms with Gasteiger partial charge < -0.3 is 10.2 Å². The van der Waals surface area contributed by atoms with Gasteiger partial charge in [0, 0.05) is 11.6 Å². The van der Waals surface area contributed by atoms with Crippen molar-refractivity contribution in [3.63, 3.8) is 0 Å². The Bertz CT molecular complexity index is 678. The number of carbonyl (C=O) groups excluding carboxylic acids is 1. The largest absolute Gasteiger partial charge is 0.457 e. The fourth-order valence-electron chi connectivity index (χ4n) is 1.50. The Hall–Kier alpha value is -2.87. The van der Waals surface area contributed by atoms with Crippen LogP contribution in [0.15, 0.2) is 46.4 Å². The van der Waals surface area contributed by atoms with Gasteiger partial charge in [-0.1, -0.05) is 0 Å². The van der Waals surface area contributed by atoms with Crippen molar-refractivity contribution in [1.82, 2.24) is 0 Å². The van der Waals surface area contributed by atoms with E-state index in [0.29, 0.717) is 17.1 Å². The highest BCUT2D eigenvalue weighted by Crippen LogP contribution is 2.23. The van der Waals surface area contributed by atoms with E-state index in [-0.39, 0.29) is 11.4 Å². The van der Waals surface area contributed by atoms with E-state index in [1.165, 1.54) is 18.2 Å². The maximum atomic E-state index is 12.8. The van der Waals surface area contributed by atoms with E-state index in [4.69, 9.17) is 15.4 Å². The summed E-state index contributed by atoms with van der Waals surface area (Å²) in [7, 11) is 0. The second kappa shape index (κ2) is 5.19. The average Bonchev–Trinajstić information content (AvgIpc) is 2.85. The standard InChI is InChI=1S/C14H9FN2O2/c15-11-3-1-9(2-4-11)13-6-5-12(19-13)7-10(8-16)14(17)18/h1-7H,(H2,17,18). The summed E-state index contributed by atoms with van der Waals surface area (Å²) in [6, 6.07) is 10.7. The first kappa shape index (κ1) is 12.6. The van der Waals surface area contributed by atoms with E-state index in [1.54, 1.807) is 30.3 Å². The molecule has 1 amide bonds. The van der Waals surface area contributed by atoms with Crippen molar-refractivity contribution in [2.24, 2.45) is 5.73 Å². The molecule has 2 rings (SSSR count). The van der Waals surface area contributed by atoms with Gasteiger partial charge in [-0.3, -0.25) is 4.79 Å². The summed E-state index contributed by atoms with van der Waals surface area (Å²) >= 11 is 0. The molecule has 5 heteroatoms. The number of amides is 1. The molecule has 4 nitrogen and oxygen atoms in total. The second-order valence-corrected chi connectivity index (χ2v) is 3.74. The molecule has 2 aromatic rings. The Morgan fingerprint density at radius 2 is 1.95 bits per heavy atom. The predicted molar refractivity (Wildman–Crippen MR) is 66.9 cm³/mol. The molecule has 0 aliphatic rings. The number of halogens is 1. The Morgan fingerprint density at radius 3 is 2.53 bits per heavy atom. The number of primary amides is 1. The summed E-state index contributed by atoms with van der Waals surface area (Å²) in [6.45, 7) is 0. The Labute approximate surface area is 108 Å². The first-order valence-corrected chi connectivity index (χ1v) is 5.37. The van der Waals surface area contributed by atoms with Crippen LogP contribution in [0.2, 0.25) is 0 Å². The van der Waals surface area contributed by atoms with Crippen LogP contribution in [0.1, 0.15) is 5.76 Å². The zero-order valence-corrected chi connectivity index (χ0v) is 9.76. The fourth-order valence-corrected chi connectivity index (χ4v) is 1.50. The molecule has 0 bridgehead atoms. The van der Waals surface area contributed by atoms with Crippen molar-refractivity contribution >= 4 is 12.0 Å². The Balaban J connectivity index is 2.32. The summed E-state index contributed by atoms with van der Waals surface area (Å²) < 4.78 is 18.2. The van der Waals surface area contributed by atoms with E-state index in [0.717, 1.165) is 0 Å². The van der Waals surface area contributed by atoms with Crippen LogP contribution in [0.4, 0.5) is 4.39 Å². The normalized spacial score (nSPS) is 11.1. The number of nitrogens with two attached hydrogens (primary N) is 1. The van der Waals surface area contributed by atoms with Crippen molar-refractivity contribution in [3.05, 3.63) is 53.5 Å². The summed E-state index contributed by atoms with van der Waals surface area (Å²) in [5.74, 6) is -0.319. The van der Waals surface area contributed by atoms with E-state index in [9.17, 15) is 9.18 Å².